The van der Waals surface area contributed by atoms with Gasteiger partial charge in [-0.2, -0.15) is 0 Å². The lowest BCUT2D eigenvalue weighted by Gasteiger charge is -2.19. The predicted octanol–water partition coefficient (Wildman–Crippen LogP) is 2.40. The van der Waals surface area contributed by atoms with Crippen molar-refractivity contribution < 1.29 is 29.6 Å². The number of rotatable bonds is 10. The topological polar surface area (TPSA) is 96.2 Å². The number of carbonyl (C=O) groups is 1. The zero-order valence-corrected chi connectivity index (χ0v) is 16.7. The third-order valence-corrected chi connectivity index (χ3v) is 4.98. The van der Waals surface area contributed by atoms with Crippen LogP contribution in [0, 0.1) is 11.8 Å². The summed E-state index contributed by atoms with van der Waals surface area (Å²) in [6, 6.07) is 9.23. The highest BCUT2D eigenvalue weighted by Gasteiger charge is 2.39. The van der Waals surface area contributed by atoms with Gasteiger partial charge in [0.15, 0.2) is 0 Å². The van der Waals surface area contributed by atoms with E-state index in [1.165, 1.54) is 7.11 Å². The highest BCUT2D eigenvalue weighted by molar-refractivity contribution is 5.69. The van der Waals surface area contributed by atoms with Crippen molar-refractivity contribution in [1.29, 1.82) is 0 Å². The Morgan fingerprint density at radius 3 is 2.72 bits per heavy atom. The van der Waals surface area contributed by atoms with Crippen molar-refractivity contribution in [1.82, 2.24) is 0 Å². The molecule has 1 aromatic carbocycles. The van der Waals surface area contributed by atoms with Gasteiger partial charge in [0.25, 0.3) is 0 Å². The molecule has 3 N–H and O–H groups in total. The van der Waals surface area contributed by atoms with Gasteiger partial charge in [0.2, 0.25) is 0 Å². The van der Waals surface area contributed by atoms with Crippen molar-refractivity contribution in [3.63, 3.8) is 0 Å². The van der Waals surface area contributed by atoms with Crippen LogP contribution in [0.4, 0.5) is 0 Å². The molecule has 0 heterocycles. The number of hydrogen-bond acceptors (Lipinski definition) is 6. The van der Waals surface area contributed by atoms with Crippen LogP contribution in [0.5, 0.6) is 5.75 Å². The van der Waals surface area contributed by atoms with Gasteiger partial charge in [0, 0.05) is 18.8 Å². The number of esters is 1. The maximum atomic E-state index is 11.1. The monoisotopic (exact) mass is 402 g/mol. The SMILES string of the molecule is COC(=O)CCC=C=CC[C@H]1C(O)C[C@@H](O)C1/C=C/[C@@H](O)COc1ccccc1. The molecule has 6 heteroatoms. The van der Waals surface area contributed by atoms with Gasteiger partial charge in [0.05, 0.1) is 19.3 Å². The molecule has 0 saturated heterocycles. The fourth-order valence-electron chi connectivity index (χ4n) is 3.38. The van der Waals surface area contributed by atoms with Gasteiger partial charge in [-0.25, -0.2) is 0 Å². The Balaban J connectivity index is 1.85. The number of carbonyl (C=O) groups excluding carboxylic acids is 1. The van der Waals surface area contributed by atoms with Crippen molar-refractivity contribution in [3.05, 3.63) is 60.4 Å². The van der Waals surface area contributed by atoms with Crippen LogP contribution >= 0.6 is 0 Å². The molecule has 2 rings (SSSR count). The first-order chi connectivity index (χ1) is 14.0. The van der Waals surface area contributed by atoms with E-state index in [4.69, 9.17) is 4.74 Å². The molecule has 0 amide bonds. The molecule has 1 aliphatic carbocycles. The molecule has 0 aromatic heterocycles. The van der Waals surface area contributed by atoms with Gasteiger partial charge in [-0.3, -0.25) is 4.79 Å². The molecular formula is C23H30O6. The Bertz CT molecular complexity index is 707. The summed E-state index contributed by atoms with van der Waals surface area (Å²) in [5.41, 5.74) is 3.01. The average molecular weight is 402 g/mol. The van der Waals surface area contributed by atoms with Crippen LogP contribution < -0.4 is 4.74 Å². The van der Waals surface area contributed by atoms with E-state index in [2.05, 4.69) is 10.5 Å². The lowest BCUT2D eigenvalue weighted by Crippen LogP contribution is -2.21. The number of aliphatic hydroxyl groups excluding tert-OH is 3. The summed E-state index contributed by atoms with van der Waals surface area (Å²) in [5.74, 6) is -0.00911. The second-order valence-corrected chi connectivity index (χ2v) is 7.11. The molecule has 2 unspecified atom stereocenters. The van der Waals surface area contributed by atoms with Crippen LogP contribution in [-0.4, -0.2) is 53.3 Å². The van der Waals surface area contributed by atoms with Crippen LogP contribution in [0.15, 0.2) is 60.4 Å². The lowest BCUT2D eigenvalue weighted by atomic mass is 9.90. The number of ether oxygens (including phenoxy) is 2. The van der Waals surface area contributed by atoms with E-state index in [1.807, 2.05) is 30.3 Å². The van der Waals surface area contributed by atoms with E-state index < -0.39 is 18.3 Å². The largest absolute Gasteiger partial charge is 0.491 e. The number of benzene rings is 1. The van der Waals surface area contributed by atoms with Crippen molar-refractivity contribution >= 4 is 5.97 Å². The molecule has 1 saturated carbocycles. The van der Waals surface area contributed by atoms with Crippen molar-refractivity contribution in [2.45, 2.75) is 44.0 Å². The predicted molar refractivity (Wildman–Crippen MR) is 109 cm³/mol. The Labute approximate surface area is 171 Å². The molecule has 0 bridgehead atoms. The fourth-order valence-corrected chi connectivity index (χ4v) is 3.38. The minimum atomic E-state index is -0.811. The van der Waals surface area contributed by atoms with E-state index in [1.54, 1.807) is 24.3 Å². The van der Waals surface area contributed by atoms with Crippen molar-refractivity contribution in [2.75, 3.05) is 13.7 Å². The smallest absolute Gasteiger partial charge is 0.305 e. The Morgan fingerprint density at radius 2 is 2.00 bits per heavy atom. The molecular weight excluding hydrogens is 372 g/mol. The first-order valence-electron chi connectivity index (χ1n) is 9.87. The van der Waals surface area contributed by atoms with Gasteiger partial charge >= 0.3 is 5.97 Å². The van der Waals surface area contributed by atoms with Crippen LogP contribution in [0.25, 0.3) is 0 Å². The van der Waals surface area contributed by atoms with Crippen LogP contribution in [0.3, 0.4) is 0 Å². The average Bonchev–Trinajstić information content (AvgIpc) is 3.00. The molecule has 158 valence electrons. The number of allylic oxidation sites excluding steroid dienone is 1. The van der Waals surface area contributed by atoms with Gasteiger partial charge < -0.3 is 24.8 Å². The maximum Gasteiger partial charge on any atom is 0.305 e. The summed E-state index contributed by atoms with van der Waals surface area (Å²) in [4.78, 5) is 11.1. The first-order valence-corrected chi connectivity index (χ1v) is 9.87. The van der Waals surface area contributed by atoms with E-state index in [9.17, 15) is 20.1 Å². The van der Waals surface area contributed by atoms with E-state index in [0.717, 1.165) is 0 Å². The minimum Gasteiger partial charge on any atom is -0.491 e. The summed E-state index contributed by atoms with van der Waals surface area (Å²) in [6.45, 7) is 0.110. The maximum absolute atomic E-state index is 11.1. The highest BCUT2D eigenvalue weighted by atomic mass is 16.5. The van der Waals surface area contributed by atoms with E-state index in [-0.39, 0.29) is 24.4 Å². The Morgan fingerprint density at radius 1 is 1.24 bits per heavy atom. The number of para-hydroxylation sites is 1. The number of hydrogen-bond donors (Lipinski definition) is 3. The van der Waals surface area contributed by atoms with Gasteiger partial charge in [-0.05, 0) is 43.0 Å². The molecule has 1 aromatic rings. The normalized spacial score (nSPS) is 24.7. The molecule has 0 aliphatic heterocycles. The van der Waals surface area contributed by atoms with Crippen LogP contribution in [0.1, 0.15) is 25.7 Å². The summed E-state index contributed by atoms with van der Waals surface area (Å²) in [6.07, 6.45) is 6.52. The number of methoxy groups -OCH3 is 1. The van der Waals surface area contributed by atoms with Crippen molar-refractivity contribution in [3.8, 4) is 5.75 Å². The molecule has 0 radical (unpaired) electrons. The zero-order valence-electron chi connectivity index (χ0n) is 16.7. The summed E-state index contributed by atoms with van der Waals surface area (Å²) in [7, 11) is 1.35. The Hall–Kier alpha value is -2.37. The van der Waals surface area contributed by atoms with E-state index >= 15 is 0 Å². The standard InChI is InChI=1S/C23H30O6/c1-28-23(27)12-8-3-2-7-11-19-20(22(26)15-21(19)25)14-13-17(24)16-29-18-9-5-4-6-10-18/h3-7,9-10,13-14,17,19-22,24-26H,8,11-12,15-16H2,1H3/b14-13+/t2?,17-,19-,20?,21?,22-/m1/s1. The van der Waals surface area contributed by atoms with E-state index in [0.29, 0.717) is 31.4 Å². The third-order valence-electron chi connectivity index (χ3n) is 4.98. The van der Waals surface area contributed by atoms with Crippen LogP contribution in [-0.2, 0) is 9.53 Å². The number of aliphatic hydroxyl groups is 3. The fraction of sp³-hybridized carbons (Fsp3) is 0.478. The Kier molecular flexibility index (Phi) is 9.68. The molecule has 1 aliphatic rings. The molecule has 0 spiro atoms. The lowest BCUT2D eigenvalue weighted by molar-refractivity contribution is -0.140. The molecule has 5 atom stereocenters. The molecule has 6 nitrogen and oxygen atoms in total. The van der Waals surface area contributed by atoms with Crippen molar-refractivity contribution in [2.24, 2.45) is 11.8 Å². The highest BCUT2D eigenvalue weighted by Crippen LogP contribution is 2.36. The minimum absolute atomic E-state index is 0.110. The quantitative estimate of drug-likeness (QED) is 0.316. The second-order valence-electron chi connectivity index (χ2n) is 7.11. The van der Waals surface area contributed by atoms with Gasteiger partial charge in [-0.15, -0.1) is 5.73 Å². The van der Waals surface area contributed by atoms with Gasteiger partial charge in [0.1, 0.15) is 18.5 Å². The summed E-state index contributed by atoms with van der Waals surface area (Å²) in [5, 5.41) is 30.6. The molecule has 1 fully saturated rings. The third kappa shape index (κ3) is 7.87. The first kappa shape index (κ1) is 22.9. The van der Waals surface area contributed by atoms with Gasteiger partial charge in [-0.1, -0.05) is 30.4 Å². The molecule has 29 heavy (non-hydrogen) atoms. The van der Waals surface area contributed by atoms with Crippen LogP contribution in [0.2, 0.25) is 0 Å². The summed E-state index contributed by atoms with van der Waals surface area (Å²) < 4.78 is 10.1. The zero-order chi connectivity index (χ0) is 21.1. The second kappa shape index (κ2) is 12.2. The summed E-state index contributed by atoms with van der Waals surface area (Å²) >= 11 is 0.